The first-order valence-electron chi connectivity index (χ1n) is 7.51. The number of amides is 1. The number of ether oxygens (including phenoxy) is 1. The molecule has 2 aromatic rings. The minimum Gasteiger partial charge on any atom is -0.482 e. The minimum atomic E-state index is -3.63. The van der Waals surface area contributed by atoms with Crippen molar-refractivity contribution in [3.05, 3.63) is 53.6 Å². The molecular formula is C17H18N2O4S. The highest BCUT2D eigenvalue weighted by Gasteiger charge is 2.21. The third kappa shape index (κ3) is 3.42. The lowest BCUT2D eigenvalue weighted by Gasteiger charge is -2.21. The fourth-order valence-corrected chi connectivity index (χ4v) is 3.69. The van der Waals surface area contributed by atoms with Crippen LogP contribution in [0.1, 0.15) is 24.1 Å². The van der Waals surface area contributed by atoms with E-state index in [1.807, 2.05) is 6.92 Å². The molecule has 24 heavy (non-hydrogen) atoms. The molecule has 0 saturated carbocycles. The van der Waals surface area contributed by atoms with Gasteiger partial charge in [0.2, 0.25) is 10.0 Å². The molecule has 0 bridgehead atoms. The number of hydrogen-bond donors (Lipinski definition) is 2. The van der Waals surface area contributed by atoms with Crippen LogP contribution in [0.15, 0.2) is 47.4 Å². The smallest absolute Gasteiger partial charge is 0.262 e. The minimum absolute atomic E-state index is 0.0120. The van der Waals surface area contributed by atoms with E-state index < -0.39 is 16.1 Å². The summed E-state index contributed by atoms with van der Waals surface area (Å²) in [6.45, 7) is 3.64. The summed E-state index contributed by atoms with van der Waals surface area (Å²) >= 11 is 0. The SMILES string of the molecule is Cc1ccc(S(=O)(=O)NC(C)c2ccc3c(c2)NC(=O)CO3)cc1. The van der Waals surface area contributed by atoms with Gasteiger partial charge in [0.1, 0.15) is 5.75 Å². The van der Waals surface area contributed by atoms with Crippen LogP contribution >= 0.6 is 0 Å². The highest BCUT2D eigenvalue weighted by molar-refractivity contribution is 7.89. The predicted octanol–water partition coefficient (Wildman–Crippen LogP) is 2.37. The molecule has 1 aliphatic heterocycles. The van der Waals surface area contributed by atoms with Gasteiger partial charge in [-0.25, -0.2) is 13.1 Å². The Morgan fingerprint density at radius 1 is 1.17 bits per heavy atom. The zero-order chi connectivity index (χ0) is 17.3. The van der Waals surface area contributed by atoms with Crippen LogP contribution in [-0.2, 0) is 14.8 Å². The lowest BCUT2D eigenvalue weighted by molar-refractivity contribution is -0.118. The number of nitrogens with one attached hydrogen (secondary N) is 2. The lowest BCUT2D eigenvalue weighted by atomic mass is 10.1. The van der Waals surface area contributed by atoms with Gasteiger partial charge in [0.05, 0.1) is 10.6 Å². The average Bonchev–Trinajstić information content (AvgIpc) is 2.54. The maximum absolute atomic E-state index is 12.5. The van der Waals surface area contributed by atoms with E-state index in [-0.39, 0.29) is 17.4 Å². The van der Waals surface area contributed by atoms with Crippen LogP contribution in [0.25, 0.3) is 0 Å². The van der Waals surface area contributed by atoms with Crippen LogP contribution in [0.5, 0.6) is 5.75 Å². The molecule has 1 unspecified atom stereocenters. The summed E-state index contributed by atoms with van der Waals surface area (Å²) in [4.78, 5) is 11.6. The van der Waals surface area contributed by atoms with Crippen molar-refractivity contribution in [3.63, 3.8) is 0 Å². The number of aryl methyl sites for hydroxylation is 1. The van der Waals surface area contributed by atoms with Crippen molar-refractivity contribution in [1.29, 1.82) is 0 Å². The number of fused-ring (bicyclic) bond motifs is 1. The summed E-state index contributed by atoms with van der Waals surface area (Å²) in [6.07, 6.45) is 0. The Hall–Kier alpha value is -2.38. The number of rotatable bonds is 4. The van der Waals surface area contributed by atoms with Crippen molar-refractivity contribution >= 4 is 21.6 Å². The largest absolute Gasteiger partial charge is 0.482 e. The molecule has 0 spiro atoms. The first kappa shape index (κ1) is 16.5. The molecule has 7 heteroatoms. The van der Waals surface area contributed by atoms with E-state index in [2.05, 4.69) is 10.0 Å². The third-order valence-corrected chi connectivity index (χ3v) is 5.36. The maximum Gasteiger partial charge on any atom is 0.262 e. The van der Waals surface area contributed by atoms with Crippen molar-refractivity contribution in [2.24, 2.45) is 0 Å². The molecular weight excluding hydrogens is 328 g/mol. The first-order valence-corrected chi connectivity index (χ1v) is 8.99. The molecule has 6 nitrogen and oxygen atoms in total. The summed E-state index contributed by atoms with van der Waals surface area (Å²) < 4.78 is 32.9. The van der Waals surface area contributed by atoms with Gasteiger partial charge in [-0.05, 0) is 43.7 Å². The summed E-state index contributed by atoms with van der Waals surface area (Å²) in [5, 5.41) is 2.71. The van der Waals surface area contributed by atoms with Crippen LogP contribution in [0.3, 0.4) is 0 Å². The van der Waals surface area contributed by atoms with Crippen LogP contribution in [-0.4, -0.2) is 20.9 Å². The Balaban J connectivity index is 1.82. The van der Waals surface area contributed by atoms with Gasteiger partial charge in [-0.15, -0.1) is 0 Å². The molecule has 0 aromatic heterocycles. The summed E-state index contributed by atoms with van der Waals surface area (Å²) in [5.74, 6) is 0.347. The second-order valence-corrected chi connectivity index (χ2v) is 7.46. The topological polar surface area (TPSA) is 84.5 Å². The number of carbonyl (C=O) groups excluding carboxylic acids is 1. The molecule has 2 aromatic carbocycles. The normalized spacial score (nSPS) is 15.2. The molecule has 0 saturated heterocycles. The zero-order valence-electron chi connectivity index (χ0n) is 13.4. The molecule has 1 amide bonds. The molecule has 1 atom stereocenters. The number of sulfonamides is 1. The van der Waals surface area contributed by atoms with Gasteiger partial charge in [0, 0.05) is 6.04 Å². The summed E-state index contributed by atoms with van der Waals surface area (Å²) in [7, 11) is -3.63. The second-order valence-electron chi connectivity index (χ2n) is 5.75. The van der Waals surface area contributed by atoms with Gasteiger partial charge < -0.3 is 10.1 Å². The highest BCUT2D eigenvalue weighted by Crippen LogP contribution is 2.30. The average molecular weight is 346 g/mol. The predicted molar refractivity (Wildman–Crippen MR) is 90.5 cm³/mol. The van der Waals surface area contributed by atoms with E-state index in [1.54, 1.807) is 49.4 Å². The van der Waals surface area contributed by atoms with Crippen molar-refractivity contribution in [2.45, 2.75) is 24.8 Å². The molecule has 1 heterocycles. The first-order chi connectivity index (χ1) is 11.3. The Morgan fingerprint density at radius 2 is 1.88 bits per heavy atom. The van der Waals surface area contributed by atoms with Crippen LogP contribution in [0, 0.1) is 6.92 Å². The van der Waals surface area contributed by atoms with Gasteiger partial charge in [-0.1, -0.05) is 23.8 Å². The Labute approximate surface area is 140 Å². The van der Waals surface area contributed by atoms with Gasteiger partial charge in [0.15, 0.2) is 6.61 Å². The molecule has 3 rings (SSSR count). The van der Waals surface area contributed by atoms with E-state index in [0.29, 0.717) is 11.4 Å². The van der Waals surface area contributed by atoms with Crippen molar-refractivity contribution in [2.75, 3.05) is 11.9 Å². The van der Waals surface area contributed by atoms with E-state index >= 15 is 0 Å². The van der Waals surface area contributed by atoms with Crippen LogP contribution in [0.4, 0.5) is 5.69 Å². The fraction of sp³-hybridized carbons (Fsp3) is 0.235. The van der Waals surface area contributed by atoms with E-state index in [4.69, 9.17) is 4.74 Å². The van der Waals surface area contributed by atoms with Crippen LogP contribution < -0.4 is 14.8 Å². The fourth-order valence-electron chi connectivity index (χ4n) is 2.46. The van der Waals surface area contributed by atoms with Gasteiger partial charge in [-0.2, -0.15) is 0 Å². The Kier molecular flexibility index (Phi) is 4.29. The monoisotopic (exact) mass is 346 g/mol. The summed E-state index contributed by atoms with van der Waals surface area (Å²) in [6, 6.07) is 11.4. The van der Waals surface area contributed by atoms with E-state index in [1.165, 1.54) is 0 Å². The highest BCUT2D eigenvalue weighted by atomic mass is 32.2. The van der Waals surface area contributed by atoms with Gasteiger partial charge >= 0.3 is 0 Å². The second kappa shape index (κ2) is 6.26. The van der Waals surface area contributed by atoms with Gasteiger partial charge in [0.25, 0.3) is 5.91 Å². The number of carbonyl (C=O) groups is 1. The zero-order valence-corrected chi connectivity index (χ0v) is 14.2. The third-order valence-electron chi connectivity index (χ3n) is 3.80. The van der Waals surface area contributed by atoms with E-state index in [0.717, 1.165) is 11.1 Å². The van der Waals surface area contributed by atoms with Gasteiger partial charge in [-0.3, -0.25) is 4.79 Å². The number of anilines is 1. The quantitative estimate of drug-likeness (QED) is 0.890. The lowest BCUT2D eigenvalue weighted by Crippen LogP contribution is -2.28. The molecule has 2 N–H and O–H groups in total. The Morgan fingerprint density at radius 3 is 2.58 bits per heavy atom. The molecule has 126 valence electrons. The molecule has 1 aliphatic rings. The number of benzene rings is 2. The molecule has 0 aliphatic carbocycles. The molecule has 0 radical (unpaired) electrons. The van der Waals surface area contributed by atoms with Crippen molar-refractivity contribution in [1.82, 2.24) is 4.72 Å². The van der Waals surface area contributed by atoms with Crippen molar-refractivity contribution < 1.29 is 17.9 Å². The summed E-state index contributed by atoms with van der Waals surface area (Å²) in [5.41, 5.74) is 2.27. The standard InChI is InChI=1S/C17H18N2O4S/c1-11-3-6-14(7-4-11)24(21,22)19-12(2)13-5-8-16-15(9-13)18-17(20)10-23-16/h3-9,12,19H,10H2,1-2H3,(H,18,20). The van der Waals surface area contributed by atoms with Crippen molar-refractivity contribution in [3.8, 4) is 5.75 Å². The number of hydrogen-bond acceptors (Lipinski definition) is 4. The van der Waals surface area contributed by atoms with Crippen LogP contribution in [0.2, 0.25) is 0 Å². The molecule has 0 fully saturated rings. The Bertz CT molecular complexity index is 876. The van der Waals surface area contributed by atoms with E-state index in [9.17, 15) is 13.2 Å². The maximum atomic E-state index is 12.5.